The van der Waals surface area contributed by atoms with Gasteiger partial charge in [0.15, 0.2) is 0 Å². The molecule has 0 rings (SSSR count). The molecule has 0 aliphatic rings. The van der Waals surface area contributed by atoms with Crippen LogP contribution in [0.3, 0.4) is 0 Å². The standard InChI is InChI=1S/C5H10O3S/c1-5(6)8-9-4-3-7-2/h3-4H2,1-2H3. The van der Waals surface area contributed by atoms with E-state index in [1.54, 1.807) is 7.11 Å². The normalized spacial score (nSPS) is 9.11. The van der Waals surface area contributed by atoms with E-state index in [0.717, 1.165) is 12.0 Å². The first kappa shape index (κ1) is 8.78. The zero-order valence-corrected chi connectivity index (χ0v) is 6.36. The third kappa shape index (κ3) is 7.78. The molecule has 9 heavy (non-hydrogen) atoms. The van der Waals surface area contributed by atoms with E-state index < -0.39 is 0 Å². The number of carbonyl (C=O) groups excluding carboxylic acids is 1. The van der Waals surface area contributed by atoms with Crippen LogP contribution >= 0.6 is 12.0 Å². The minimum Gasteiger partial charge on any atom is -0.391 e. The minimum atomic E-state index is -0.267. The highest BCUT2D eigenvalue weighted by Gasteiger charge is 1.91. The Balaban J connectivity index is 2.83. The van der Waals surface area contributed by atoms with Gasteiger partial charge in [-0.3, -0.25) is 4.79 Å². The van der Waals surface area contributed by atoms with Gasteiger partial charge in [0.2, 0.25) is 0 Å². The lowest BCUT2D eigenvalue weighted by atomic mass is 10.9. The number of rotatable bonds is 4. The Bertz CT molecular complexity index is 84.3. The molecule has 0 saturated heterocycles. The highest BCUT2D eigenvalue weighted by Crippen LogP contribution is 2.00. The molecule has 0 fully saturated rings. The van der Waals surface area contributed by atoms with Crippen LogP contribution in [-0.4, -0.2) is 25.4 Å². The van der Waals surface area contributed by atoms with Gasteiger partial charge in [0.05, 0.1) is 24.4 Å². The van der Waals surface area contributed by atoms with Gasteiger partial charge in [0.1, 0.15) is 0 Å². The summed E-state index contributed by atoms with van der Waals surface area (Å²) >= 11 is 1.11. The number of hydrogen-bond donors (Lipinski definition) is 0. The fourth-order valence-electron chi connectivity index (χ4n) is 0.242. The summed E-state index contributed by atoms with van der Waals surface area (Å²) in [6.07, 6.45) is 0. The van der Waals surface area contributed by atoms with Crippen molar-refractivity contribution in [2.24, 2.45) is 0 Å². The van der Waals surface area contributed by atoms with Crippen LogP contribution < -0.4 is 0 Å². The lowest BCUT2D eigenvalue weighted by Crippen LogP contribution is -1.95. The molecule has 0 saturated carbocycles. The first-order valence-electron chi connectivity index (χ1n) is 2.56. The van der Waals surface area contributed by atoms with E-state index in [-0.39, 0.29) is 5.97 Å². The molecule has 0 unspecified atom stereocenters. The molecule has 0 aromatic rings. The van der Waals surface area contributed by atoms with Gasteiger partial charge in [-0.1, -0.05) is 0 Å². The third-order valence-corrected chi connectivity index (χ3v) is 1.23. The summed E-state index contributed by atoms with van der Waals surface area (Å²) in [5, 5.41) is 0. The van der Waals surface area contributed by atoms with Crippen molar-refractivity contribution < 1.29 is 13.7 Å². The molecular formula is C5H10O3S. The predicted molar refractivity (Wildman–Crippen MR) is 36.1 cm³/mol. The number of ether oxygens (including phenoxy) is 1. The molecular weight excluding hydrogens is 140 g/mol. The Morgan fingerprint density at radius 2 is 2.33 bits per heavy atom. The van der Waals surface area contributed by atoms with Crippen LogP contribution in [-0.2, 0) is 13.7 Å². The number of carbonyl (C=O) groups is 1. The molecule has 0 atom stereocenters. The minimum absolute atomic E-state index is 0.267. The summed E-state index contributed by atoms with van der Waals surface area (Å²) in [7, 11) is 1.61. The molecule has 0 aliphatic carbocycles. The van der Waals surface area contributed by atoms with Crippen molar-refractivity contribution in [1.29, 1.82) is 0 Å². The summed E-state index contributed by atoms with van der Waals surface area (Å²) in [6.45, 7) is 1.98. The molecule has 0 N–H and O–H groups in total. The van der Waals surface area contributed by atoms with Gasteiger partial charge in [0, 0.05) is 14.0 Å². The van der Waals surface area contributed by atoms with Crippen molar-refractivity contribution in [3.63, 3.8) is 0 Å². The molecule has 0 aromatic heterocycles. The van der Waals surface area contributed by atoms with Crippen molar-refractivity contribution in [3.8, 4) is 0 Å². The fraction of sp³-hybridized carbons (Fsp3) is 0.800. The van der Waals surface area contributed by atoms with Crippen molar-refractivity contribution in [3.05, 3.63) is 0 Å². The van der Waals surface area contributed by atoms with E-state index in [2.05, 4.69) is 4.18 Å². The molecule has 4 heteroatoms. The van der Waals surface area contributed by atoms with Crippen LogP contribution in [0.4, 0.5) is 0 Å². The van der Waals surface area contributed by atoms with E-state index in [0.29, 0.717) is 12.4 Å². The average molecular weight is 150 g/mol. The average Bonchev–Trinajstić information content (AvgIpc) is 1.80. The first-order valence-corrected chi connectivity index (χ1v) is 3.47. The second-order valence-electron chi connectivity index (χ2n) is 1.39. The largest absolute Gasteiger partial charge is 0.391 e. The second kappa shape index (κ2) is 5.91. The molecule has 54 valence electrons. The van der Waals surface area contributed by atoms with Crippen molar-refractivity contribution in [2.75, 3.05) is 19.5 Å². The maximum atomic E-state index is 10.1. The van der Waals surface area contributed by atoms with E-state index >= 15 is 0 Å². The molecule has 0 radical (unpaired) electrons. The zero-order chi connectivity index (χ0) is 7.11. The van der Waals surface area contributed by atoms with Crippen molar-refractivity contribution in [1.82, 2.24) is 0 Å². The maximum Gasteiger partial charge on any atom is 0.314 e. The highest BCUT2D eigenvalue weighted by molar-refractivity contribution is 7.95. The van der Waals surface area contributed by atoms with Crippen molar-refractivity contribution in [2.45, 2.75) is 6.92 Å². The Kier molecular flexibility index (Phi) is 5.76. The van der Waals surface area contributed by atoms with E-state index in [1.165, 1.54) is 6.92 Å². The van der Waals surface area contributed by atoms with Crippen LogP contribution in [0, 0.1) is 0 Å². The molecule has 0 amide bonds. The quantitative estimate of drug-likeness (QED) is 0.439. The van der Waals surface area contributed by atoms with Gasteiger partial charge < -0.3 is 8.92 Å². The van der Waals surface area contributed by atoms with E-state index in [9.17, 15) is 4.79 Å². The second-order valence-corrected chi connectivity index (χ2v) is 2.20. The lowest BCUT2D eigenvalue weighted by molar-refractivity contribution is -0.130. The van der Waals surface area contributed by atoms with Crippen LogP contribution in [0.2, 0.25) is 0 Å². The topological polar surface area (TPSA) is 35.5 Å². The van der Waals surface area contributed by atoms with Crippen molar-refractivity contribution >= 4 is 18.0 Å². The van der Waals surface area contributed by atoms with Crippen LogP contribution in [0.1, 0.15) is 6.92 Å². The van der Waals surface area contributed by atoms with Gasteiger partial charge in [-0.2, -0.15) is 0 Å². The summed E-state index contributed by atoms with van der Waals surface area (Å²) in [4.78, 5) is 10.1. The molecule has 0 bridgehead atoms. The van der Waals surface area contributed by atoms with Crippen LogP contribution in [0.5, 0.6) is 0 Å². The van der Waals surface area contributed by atoms with Gasteiger partial charge in [-0.05, 0) is 0 Å². The summed E-state index contributed by atoms with van der Waals surface area (Å²) < 4.78 is 9.25. The number of methoxy groups -OCH3 is 1. The Labute approximate surface area is 58.9 Å². The van der Waals surface area contributed by atoms with Gasteiger partial charge in [0.25, 0.3) is 0 Å². The first-order chi connectivity index (χ1) is 4.27. The maximum absolute atomic E-state index is 10.1. The molecule has 0 aliphatic heterocycles. The Morgan fingerprint density at radius 3 is 2.78 bits per heavy atom. The summed E-state index contributed by atoms with van der Waals surface area (Å²) in [5.74, 6) is 0.423. The Morgan fingerprint density at radius 1 is 1.67 bits per heavy atom. The SMILES string of the molecule is COCCSOC(C)=O. The monoisotopic (exact) mass is 150 g/mol. The van der Waals surface area contributed by atoms with E-state index in [1.807, 2.05) is 0 Å². The van der Waals surface area contributed by atoms with Gasteiger partial charge in [-0.25, -0.2) is 0 Å². The third-order valence-electron chi connectivity index (χ3n) is 0.547. The predicted octanol–water partition coefficient (Wildman–Crippen LogP) is 0.844. The molecule has 3 nitrogen and oxygen atoms in total. The summed E-state index contributed by atoms with van der Waals surface area (Å²) in [6, 6.07) is 0. The molecule has 0 heterocycles. The van der Waals surface area contributed by atoms with Crippen LogP contribution in [0.25, 0.3) is 0 Å². The van der Waals surface area contributed by atoms with Crippen LogP contribution in [0.15, 0.2) is 0 Å². The molecule has 0 aromatic carbocycles. The highest BCUT2D eigenvalue weighted by atomic mass is 32.2. The lowest BCUT2D eigenvalue weighted by Gasteiger charge is -1.96. The van der Waals surface area contributed by atoms with Gasteiger partial charge in [-0.15, -0.1) is 0 Å². The summed E-state index contributed by atoms with van der Waals surface area (Å²) in [5.41, 5.74) is 0. The number of hydrogen-bond acceptors (Lipinski definition) is 4. The zero-order valence-electron chi connectivity index (χ0n) is 5.55. The Hall–Kier alpha value is -0.220. The van der Waals surface area contributed by atoms with E-state index in [4.69, 9.17) is 4.74 Å². The molecule has 0 spiro atoms. The fourth-order valence-corrected chi connectivity index (χ4v) is 0.726. The van der Waals surface area contributed by atoms with Gasteiger partial charge >= 0.3 is 5.97 Å². The smallest absolute Gasteiger partial charge is 0.314 e.